The molecule has 0 radical (unpaired) electrons. The van der Waals surface area contributed by atoms with E-state index in [-0.39, 0.29) is 18.3 Å². The fraction of sp³-hybridized carbons (Fsp3) is 0.632. The molecule has 156 valence electrons. The van der Waals surface area contributed by atoms with Crippen LogP contribution < -0.4 is 0 Å². The third kappa shape index (κ3) is 4.28. The Balaban J connectivity index is 1.93. The maximum absolute atomic E-state index is 14.7. The fourth-order valence-corrected chi connectivity index (χ4v) is 8.37. The molecular weight excluding hydrogens is 481 g/mol. The monoisotopic (exact) mass is 507 g/mol. The highest BCUT2D eigenvalue weighted by molar-refractivity contribution is 9.10. The number of rotatable bonds is 7. The van der Waals surface area contributed by atoms with Crippen molar-refractivity contribution >= 4 is 50.6 Å². The minimum Gasteiger partial charge on any atom is -0.375 e. The highest BCUT2D eigenvalue weighted by Gasteiger charge is 2.72. The van der Waals surface area contributed by atoms with Crippen LogP contribution in [0.5, 0.6) is 0 Å². The molecule has 2 aliphatic rings. The van der Waals surface area contributed by atoms with Crippen LogP contribution >= 0.6 is 27.7 Å². The molecule has 0 N–H and O–H groups in total. The third-order valence-corrected chi connectivity index (χ3v) is 11.8. The van der Waals surface area contributed by atoms with Crippen LogP contribution in [0.2, 0.25) is 25.7 Å². The van der Waals surface area contributed by atoms with E-state index in [0.29, 0.717) is 23.6 Å². The highest BCUT2D eigenvalue weighted by Crippen LogP contribution is 2.68. The van der Waals surface area contributed by atoms with Crippen molar-refractivity contribution in [1.29, 1.82) is 0 Å². The molecule has 1 aromatic carbocycles. The van der Waals surface area contributed by atoms with E-state index in [4.69, 9.17) is 9.73 Å². The fourth-order valence-electron chi connectivity index (χ4n) is 3.74. The SMILES string of the molecule is C[C@]1(c2cc(Br)ccc2F)N=C(COCC[Si](C)(C)C)S[C@@]2(S(C)(=O)=O)C[C@H]21. The van der Waals surface area contributed by atoms with Crippen LogP contribution in [-0.4, -0.2) is 45.1 Å². The van der Waals surface area contributed by atoms with Gasteiger partial charge in [0, 0.05) is 36.9 Å². The van der Waals surface area contributed by atoms with Crippen molar-refractivity contribution in [2.75, 3.05) is 19.5 Å². The zero-order chi connectivity index (χ0) is 21.0. The molecule has 3 atom stereocenters. The summed E-state index contributed by atoms with van der Waals surface area (Å²) in [6.07, 6.45) is 1.74. The summed E-state index contributed by atoms with van der Waals surface area (Å²) in [5.74, 6) is -0.621. The molecule has 0 aromatic heterocycles. The number of hydrogen-bond donors (Lipinski definition) is 0. The van der Waals surface area contributed by atoms with Crippen molar-refractivity contribution in [2.24, 2.45) is 10.9 Å². The first kappa shape index (κ1) is 22.5. The van der Waals surface area contributed by atoms with Gasteiger partial charge in [0.15, 0.2) is 9.84 Å². The van der Waals surface area contributed by atoms with Crippen molar-refractivity contribution in [3.63, 3.8) is 0 Å². The molecule has 1 saturated carbocycles. The maximum Gasteiger partial charge on any atom is 0.163 e. The van der Waals surface area contributed by atoms with Gasteiger partial charge in [-0.2, -0.15) is 0 Å². The van der Waals surface area contributed by atoms with Crippen LogP contribution in [0.3, 0.4) is 0 Å². The maximum atomic E-state index is 14.7. The molecule has 0 unspecified atom stereocenters. The van der Waals surface area contributed by atoms with Crippen molar-refractivity contribution in [2.45, 2.75) is 48.6 Å². The second-order valence-corrected chi connectivity index (χ2v) is 19.6. The molecule has 1 aliphatic carbocycles. The molecule has 0 saturated heterocycles. The van der Waals surface area contributed by atoms with E-state index >= 15 is 0 Å². The van der Waals surface area contributed by atoms with Gasteiger partial charge in [0.1, 0.15) is 9.90 Å². The van der Waals surface area contributed by atoms with Crippen molar-refractivity contribution in [3.8, 4) is 0 Å². The number of sulfone groups is 1. The Morgan fingerprint density at radius 2 is 2.07 bits per heavy atom. The second kappa shape index (κ2) is 7.48. The lowest BCUT2D eigenvalue weighted by molar-refractivity contribution is 0.187. The topological polar surface area (TPSA) is 55.7 Å². The zero-order valence-corrected chi connectivity index (χ0v) is 21.1. The number of hydrogen-bond acceptors (Lipinski definition) is 5. The molecule has 0 spiro atoms. The van der Waals surface area contributed by atoms with Crippen LogP contribution in [0.15, 0.2) is 27.7 Å². The Morgan fingerprint density at radius 1 is 1.39 bits per heavy atom. The third-order valence-electron chi connectivity index (χ3n) is 5.51. The molecule has 1 heterocycles. The summed E-state index contributed by atoms with van der Waals surface area (Å²) < 4.78 is 45.6. The predicted molar refractivity (Wildman–Crippen MR) is 121 cm³/mol. The number of thioether (sulfide) groups is 1. The quantitative estimate of drug-likeness (QED) is 0.382. The van der Waals surface area contributed by atoms with Crippen LogP contribution in [0.4, 0.5) is 4.39 Å². The summed E-state index contributed by atoms with van der Waals surface area (Å²) in [6.45, 7) is 9.59. The van der Waals surface area contributed by atoms with Crippen molar-refractivity contribution < 1.29 is 17.5 Å². The summed E-state index contributed by atoms with van der Waals surface area (Å²) in [7, 11) is -4.55. The Labute approximate surface area is 180 Å². The van der Waals surface area contributed by atoms with Crippen LogP contribution in [0, 0.1) is 11.7 Å². The summed E-state index contributed by atoms with van der Waals surface area (Å²) >= 11 is 4.69. The van der Waals surface area contributed by atoms with Gasteiger partial charge in [-0.05, 0) is 37.6 Å². The Hall–Kier alpha value is -0.223. The van der Waals surface area contributed by atoms with Crippen LogP contribution in [0.25, 0.3) is 0 Å². The average Bonchev–Trinajstić information content (AvgIpc) is 3.30. The molecule has 28 heavy (non-hydrogen) atoms. The molecule has 9 heteroatoms. The Kier molecular flexibility index (Phi) is 6.00. The van der Waals surface area contributed by atoms with Crippen molar-refractivity contribution in [1.82, 2.24) is 0 Å². The molecule has 0 amide bonds. The molecule has 4 nitrogen and oxygen atoms in total. The van der Waals surface area contributed by atoms with E-state index in [2.05, 4.69) is 35.6 Å². The first-order chi connectivity index (χ1) is 12.8. The van der Waals surface area contributed by atoms with E-state index in [1.807, 2.05) is 6.92 Å². The molecule has 1 fully saturated rings. The van der Waals surface area contributed by atoms with Gasteiger partial charge in [0.05, 0.1) is 17.2 Å². The Bertz CT molecular complexity index is 918. The smallest absolute Gasteiger partial charge is 0.163 e. The molecule has 1 aromatic rings. The lowest BCUT2D eigenvalue weighted by Crippen LogP contribution is -2.38. The van der Waals surface area contributed by atoms with Gasteiger partial charge >= 0.3 is 0 Å². The highest BCUT2D eigenvalue weighted by atomic mass is 79.9. The van der Waals surface area contributed by atoms with Gasteiger partial charge in [-0.15, -0.1) is 0 Å². The number of aliphatic imine (C=N–C) groups is 1. The van der Waals surface area contributed by atoms with Gasteiger partial charge in [0.25, 0.3) is 0 Å². The summed E-state index contributed by atoms with van der Waals surface area (Å²) in [5, 5.41) is 0.636. The molecule has 1 aliphatic heterocycles. The van der Waals surface area contributed by atoms with E-state index in [9.17, 15) is 12.8 Å². The van der Waals surface area contributed by atoms with E-state index < -0.39 is 27.5 Å². The number of ether oxygens (including phenoxy) is 1. The van der Waals surface area contributed by atoms with Gasteiger partial charge in [-0.3, -0.25) is 4.99 Å². The number of nitrogens with zero attached hydrogens (tertiary/aromatic N) is 1. The average molecular weight is 509 g/mol. The normalized spacial score (nSPS) is 30.0. The van der Waals surface area contributed by atoms with Crippen LogP contribution in [0.1, 0.15) is 18.9 Å². The summed E-state index contributed by atoms with van der Waals surface area (Å²) in [4.78, 5) is 4.84. The van der Waals surface area contributed by atoms with E-state index in [1.165, 1.54) is 24.1 Å². The van der Waals surface area contributed by atoms with Crippen molar-refractivity contribution in [3.05, 3.63) is 34.1 Å². The predicted octanol–water partition coefficient (Wildman–Crippen LogP) is 5.06. The number of fused-ring (bicyclic) bond motifs is 1. The minimum absolute atomic E-state index is 0.255. The summed E-state index contributed by atoms with van der Waals surface area (Å²) in [5.41, 5.74) is -0.503. The lowest BCUT2D eigenvalue weighted by atomic mass is 9.87. The lowest BCUT2D eigenvalue weighted by Gasteiger charge is -2.34. The first-order valence-electron chi connectivity index (χ1n) is 9.29. The minimum atomic E-state index is -3.34. The Morgan fingerprint density at radius 3 is 2.68 bits per heavy atom. The second-order valence-electron chi connectivity index (χ2n) is 9.08. The number of halogens is 2. The van der Waals surface area contributed by atoms with Gasteiger partial charge in [-0.1, -0.05) is 47.3 Å². The van der Waals surface area contributed by atoms with E-state index in [0.717, 1.165) is 10.5 Å². The van der Waals surface area contributed by atoms with E-state index in [1.54, 1.807) is 12.1 Å². The zero-order valence-electron chi connectivity index (χ0n) is 16.9. The van der Waals surface area contributed by atoms with Gasteiger partial charge in [-0.25, -0.2) is 12.8 Å². The largest absolute Gasteiger partial charge is 0.375 e. The first-order valence-corrected chi connectivity index (χ1v) is 16.5. The van der Waals surface area contributed by atoms with Crippen LogP contribution in [-0.2, 0) is 20.1 Å². The molecular formula is C19H27BrFNO3S2Si. The molecule has 3 rings (SSSR count). The summed E-state index contributed by atoms with van der Waals surface area (Å²) in [6, 6.07) is 5.78. The van der Waals surface area contributed by atoms with Gasteiger partial charge in [0.2, 0.25) is 0 Å². The standard InChI is InChI=1S/C19H27BrFNO3S2Si/c1-18(14-10-13(20)6-7-15(14)21)16-11-19(16,27(2,23)24)26-17(22-18)12-25-8-9-28(3,4)5/h6-7,10,16H,8-9,11-12H2,1-5H3/t16-,18+,19+/m0/s1. The van der Waals surface area contributed by atoms with Gasteiger partial charge < -0.3 is 4.74 Å². The molecule has 0 bridgehead atoms. The number of benzene rings is 1.